The van der Waals surface area contributed by atoms with Crippen LogP contribution in [-0.2, 0) is 15.1 Å². The Kier molecular flexibility index (Phi) is 6.37. The number of piperidine rings is 1. The highest BCUT2D eigenvalue weighted by molar-refractivity contribution is 5.87. The molecule has 5 nitrogen and oxygen atoms in total. The Morgan fingerprint density at radius 1 is 1.33 bits per heavy atom. The zero-order valence-corrected chi connectivity index (χ0v) is 14.8. The molecule has 1 saturated heterocycles. The van der Waals surface area contributed by atoms with Gasteiger partial charge in [0.1, 0.15) is 5.54 Å². The highest BCUT2D eigenvalue weighted by Gasteiger charge is 2.36. The van der Waals surface area contributed by atoms with E-state index in [1.54, 1.807) is 6.92 Å². The van der Waals surface area contributed by atoms with Crippen molar-refractivity contribution >= 4 is 11.8 Å². The van der Waals surface area contributed by atoms with E-state index >= 15 is 0 Å². The molecule has 1 aliphatic rings. The van der Waals surface area contributed by atoms with E-state index in [0.717, 1.165) is 31.4 Å². The smallest absolute Gasteiger partial charge is 0.246 e. The minimum absolute atomic E-state index is 0.0433. The number of nitrogens with one attached hydrogen (secondary N) is 1. The summed E-state index contributed by atoms with van der Waals surface area (Å²) in [6.07, 6.45) is 3.39. The van der Waals surface area contributed by atoms with Crippen molar-refractivity contribution in [2.75, 3.05) is 19.6 Å². The van der Waals surface area contributed by atoms with Crippen LogP contribution in [0.4, 0.5) is 0 Å². The topological polar surface area (TPSA) is 75.4 Å². The van der Waals surface area contributed by atoms with Gasteiger partial charge in [0.05, 0.1) is 0 Å². The van der Waals surface area contributed by atoms with E-state index in [-0.39, 0.29) is 11.8 Å². The van der Waals surface area contributed by atoms with Gasteiger partial charge in [0.25, 0.3) is 0 Å². The van der Waals surface area contributed by atoms with Crippen molar-refractivity contribution in [2.45, 2.75) is 45.1 Å². The van der Waals surface area contributed by atoms with Gasteiger partial charge >= 0.3 is 0 Å². The Morgan fingerprint density at radius 3 is 2.71 bits per heavy atom. The number of hydrogen-bond acceptors (Lipinski definition) is 3. The lowest BCUT2D eigenvalue weighted by molar-refractivity contribution is -0.138. The van der Waals surface area contributed by atoms with E-state index in [9.17, 15) is 9.59 Å². The van der Waals surface area contributed by atoms with Crippen LogP contribution < -0.4 is 11.1 Å². The van der Waals surface area contributed by atoms with Gasteiger partial charge in [-0.05, 0) is 37.7 Å². The predicted molar refractivity (Wildman–Crippen MR) is 95.2 cm³/mol. The molecule has 0 radical (unpaired) electrons. The monoisotopic (exact) mass is 331 g/mol. The fraction of sp³-hybridized carbons (Fsp3) is 0.579. The third kappa shape index (κ3) is 4.57. The van der Waals surface area contributed by atoms with Crippen LogP contribution in [0.5, 0.6) is 0 Å². The van der Waals surface area contributed by atoms with Crippen molar-refractivity contribution in [1.29, 1.82) is 0 Å². The molecule has 1 aromatic rings. The molecule has 2 atom stereocenters. The van der Waals surface area contributed by atoms with E-state index in [2.05, 4.69) is 5.32 Å². The minimum atomic E-state index is -1.02. The van der Waals surface area contributed by atoms with E-state index in [1.165, 1.54) is 0 Å². The normalized spacial score (nSPS) is 20.3. The molecule has 0 bridgehead atoms. The summed E-state index contributed by atoms with van der Waals surface area (Å²) in [5.41, 5.74) is 6.17. The number of carbonyl (C=O) groups excluding carboxylic acids is 2. The first-order valence-electron chi connectivity index (χ1n) is 8.85. The number of nitrogens with zero attached hydrogens (tertiary/aromatic N) is 1. The molecule has 3 N–H and O–H groups in total. The van der Waals surface area contributed by atoms with Gasteiger partial charge in [-0.15, -0.1) is 0 Å². The van der Waals surface area contributed by atoms with Gasteiger partial charge in [-0.3, -0.25) is 9.59 Å². The molecule has 1 heterocycles. The first-order valence-corrected chi connectivity index (χ1v) is 8.85. The van der Waals surface area contributed by atoms with E-state index in [4.69, 9.17) is 5.73 Å². The van der Waals surface area contributed by atoms with Gasteiger partial charge < -0.3 is 16.0 Å². The maximum absolute atomic E-state index is 12.9. The van der Waals surface area contributed by atoms with Gasteiger partial charge in [0.2, 0.25) is 11.8 Å². The maximum atomic E-state index is 12.9. The second kappa shape index (κ2) is 8.29. The Balaban J connectivity index is 1.96. The van der Waals surface area contributed by atoms with Gasteiger partial charge in [-0.25, -0.2) is 0 Å². The summed E-state index contributed by atoms with van der Waals surface area (Å²) in [7, 11) is 0. The van der Waals surface area contributed by atoms with Crippen molar-refractivity contribution in [3.8, 4) is 0 Å². The van der Waals surface area contributed by atoms with Gasteiger partial charge in [-0.2, -0.15) is 0 Å². The van der Waals surface area contributed by atoms with Crippen LogP contribution in [0.2, 0.25) is 0 Å². The van der Waals surface area contributed by atoms with Crippen LogP contribution in [0.15, 0.2) is 30.3 Å². The first-order chi connectivity index (χ1) is 11.4. The van der Waals surface area contributed by atoms with Gasteiger partial charge in [0, 0.05) is 26.1 Å². The zero-order chi connectivity index (χ0) is 17.6. The largest absolute Gasteiger partial charge is 0.356 e. The molecule has 1 aromatic carbocycles. The lowest BCUT2D eigenvalue weighted by Gasteiger charge is -2.37. The third-order valence-electron chi connectivity index (χ3n) is 4.69. The molecule has 5 heteroatoms. The summed E-state index contributed by atoms with van der Waals surface area (Å²) in [5.74, 6) is 0.349. The molecule has 2 unspecified atom stereocenters. The molecule has 0 saturated carbocycles. The quantitative estimate of drug-likeness (QED) is 0.837. The third-order valence-corrected chi connectivity index (χ3v) is 4.69. The summed E-state index contributed by atoms with van der Waals surface area (Å²) >= 11 is 0. The van der Waals surface area contributed by atoms with Crippen LogP contribution in [-0.4, -0.2) is 36.3 Å². The summed E-state index contributed by atoms with van der Waals surface area (Å²) in [4.78, 5) is 26.4. The lowest BCUT2D eigenvalue weighted by atomic mass is 9.89. The molecule has 132 valence electrons. The van der Waals surface area contributed by atoms with E-state index in [0.29, 0.717) is 25.4 Å². The summed E-state index contributed by atoms with van der Waals surface area (Å²) in [5, 5.41) is 2.98. The Bertz CT molecular complexity index is 557. The molecule has 2 amide bonds. The van der Waals surface area contributed by atoms with Crippen LogP contribution in [0.3, 0.4) is 0 Å². The van der Waals surface area contributed by atoms with Crippen LogP contribution in [0.1, 0.15) is 45.1 Å². The Hall–Kier alpha value is -1.88. The Labute approximate surface area is 144 Å². The molecule has 1 aliphatic heterocycles. The summed E-state index contributed by atoms with van der Waals surface area (Å²) in [6, 6.07) is 9.50. The van der Waals surface area contributed by atoms with Crippen molar-refractivity contribution in [1.82, 2.24) is 10.2 Å². The molecular weight excluding hydrogens is 302 g/mol. The number of likely N-dealkylation sites (tertiary alicyclic amines) is 1. The fourth-order valence-corrected chi connectivity index (χ4v) is 3.23. The number of nitrogens with two attached hydrogens (primary N) is 1. The van der Waals surface area contributed by atoms with Gasteiger partial charge in [-0.1, -0.05) is 37.3 Å². The van der Waals surface area contributed by atoms with Crippen molar-refractivity contribution in [3.63, 3.8) is 0 Å². The molecule has 0 spiro atoms. The van der Waals surface area contributed by atoms with Crippen LogP contribution in [0, 0.1) is 5.92 Å². The molecule has 0 aromatic heterocycles. The average Bonchev–Trinajstić information content (AvgIpc) is 2.60. The number of rotatable bonds is 6. The van der Waals surface area contributed by atoms with Crippen LogP contribution in [0.25, 0.3) is 0 Å². The lowest BCUT2D eigenvalue weighted by Crippen LogP contribution is -2.54. The highest BCUT2D eigenvalue weighted by atomic mass is 16.2. The van der Waals surface area contributed by atoms with Crippen molar-refractivity contribution in [2.24, 2.45) is 11.7 Å². The Morgan fingerprint density at radius 2 is 2.04 bits per heavy atom. The number of amides is 2. The first kappa shape index (κ1) is 18.5. The van der Waals surface area contributed by atoms with Crippen LogP contribution >= 0.6 is 0 Å². The molecule has 0 aliphatic carbocycles. The maximum Gasteiger partial charge on any atom is 0.246 e. The van der Waals surface area contributed by atoms with Gasteiger partial charge in [0.15, 0.2) is 0 Å². The van der Waals surface area contributed by atoms with Crippen molar-refractivity contribution < 1.29 is 9.59 Å². The zero-order valence-electron chi connectivity index (χ0n) is 14.8. The standard InChI is InChI=1S/C19H29N3O2/c1-3-8-17(23)21-13-15-9-7-12-22(14-15)18(24)19(2,20)16-10-5-4-6-11-16/h4-6,10-11,15H,3,7-9,12-14,20H2,1-2H3,(H,21,23). The fourth-order valence-electron chi connectivity index (χ4n) is 3.23. The average molecular weight is 331 g/mol. The molecule has 24 heavy (non-hydrogen) atoms. The number of hydrogen-bond donors (Lipinski definition) is 2. The minimum Gasteiger partial charge on any atom is -0.356 e. The predicted octanol–water partition coefficient (Wildman–Crippen LogP) is 2.02. The number of benzene rings is 1. The van der Waals surface area contributed by atoms with Crippen molar-refractivity contribution in [3.05, 3.63) is 35.9 Å². The molecule has 1 fully saturated rings. The highest BCUT2D eigenvalue weighted by Crippen LogP contribution is 2.24. The SMILES string of the molecule is CCCC(=O)NCC1CCCN(C(=O)C(C)(N)c2ccccc2)C1. The second-order valence-corrected chi connectivity index (χ2v) is 6.88. The molecular formula is C19H29N3O2. The molecule has 2 rings (SSSR count). The number of carbonyl (C=O) groups is 2. The van der Waals surface area contributed by atoms with E-state index < -0.39 is 5.54 Å². The van der Waals surface area contributed by atoms with E-state index in [1.807, 2.05) is 42.2 Å². The second-order valence-electron chi connectivity index (χ2n) is 6.88. The summed E-state index contributed by atoms with van der Waals surface area (Å²) < 4.78 is 0. The summed E-state index contributed by atoms with van der Waals surface area (Å²) in [6.45, 7) is 5.79.